The van der Waals surface area contributed by atoms with Gasteiger partial charge in [0.15, 0.2) is 5.78 Å². The molecular weight excluding hydrogens is 352 g/mol. The van der Waals surface area contributed by atoms with Crippen LogP contribution in [0.2, 0.25) is 0 Å². The third-order valence-corrected chi connectivity index (χ3v) is 6.32. The summed E-state index contributed by atoms with van der Waals surface area (Å²) in [5, 5.41) is 4.79. The van der Waals surface area contributed by atoms with Crippen molar-refractivity contribution in [3.05, 3.63) is 71.4 Å². The predicted molar refractivity (Wildman–Crippen MR) is 112 cm³/mol. The smallest absolute Gasteiger partial charge is 0.161 e. The molecule has 27 heavy (non-hydrogen) atoms. The number of pyridine rings is 1. The molecule has 0 bridgehead atoms. The SMILES string of the molecule is CSc1ccc([C@H]2Nc3ccc4ncccc4c3C3=C2C(=O)CCC3)cc1. The van der Waals surface area contributed by atoms with Crippen molar-refractivity contribution in [3.63, 3.8) is 0 Å². The van der Waals surface area contributed by atoms with Crippen LogP contribution in [0.15, 0.2) is 65.2 Å². The Morgan fingerprint density at radius 3 is 2.74 bits per heavy atom. The molecule has 1 atom stereocenters. The number of thioether (sulfide) groups is 1. The van der Waals surface area contributed by atoms with Crippen molar-refractivity contribution in [1.82, 2.24) is 4.98 Å². The number of fused-ring (bicyclic) bond motifs is 4. The van der Waals surface area contributed by atoms with Crippen molar-refractivity contribution >= 4 is 39.7 Å². The number of anilines is 1. The molecule has 0 amide bonds. The van der Waals surface area contributed by atoms with E-state index in [0.717, 1.165) is 40.6 Å². The first-order chi connectivity index (χ1) is 13.3. The van der Waals surface area contributed by atoms with Crippen molar-refractivity contribution in [2.45, 2.75) is 30.2 Å². The van der Waals surface area contributed by atoms with Crippen LogP contribution in [0.5, 0.6) is 0 Å². The summed E-state index contributed by atoms with van der Waals surface area (Å²) in [5.41, 5.74) is 6.54. The van der Waals surface area contributed by atoms with Gasteiger partial charge in [-0.05, 0) is 60.6 Å². The van der Waals surface area contributed by atoms with Crippen LogP contribution in [0, 0.1) is 0 Å². The third kappa shape index (κ3) is 2.67. The van der Waals surface area contributed by atoms with E-state index in [1.807, 2.05) is 12.3 Å². The number of carbonyl (C=O) groups excluding carboxylic acids is 1. The molecule has 2 heterocycles. The number of benzene rings is 2. The summed E-state index contributed by atoms with van der Waals surface area (Å²) in [6.07, 6.45) is 6.41. The lowest BCUT2D eigenvalue weighted by Gasteiger charge is -2.35. The second-order valence-corrected chi connectivity index (χ2v) is 7.96. The molecule has 2 aliphatic rings. The molecule has 0 saturated carbocycles. The monoisotopic (exact) mass is 372 g/mol. The number of allylic oxidation sites excluding steroid dienone is 1. The van der Waals surface area contributed by atoms with Crippen molar-refractivity contribution in [2.24, 2.45) is 0 Å². The van der Waals surface area contributed by atoms with Gasteiger partial charge in [-0.15, -0.1) is 11.8 Å². The average Bonchev–Trinajstić information content (AvgIpc) is 2.73. The maximum absolute atomic E-state index is 13.0. The quantitative estimate of drug-likeness (QED) is 0.592. The molecule has 0 fully saturated rings. The van der Waals surface area contributed by atoms with E-state index < -0.39 is 0 Å². The van der Waals surface area contributed by atoms with Crippen LogP contribution in [0.1, 0.15) is 36.4 Å². The average molecular weight is 372 g/mol. The number of hydrogen-bond donors (Lipinski definition) is 1. The number of Topliss-reactive ketones (excluding diaryl/α,β-unsaturated/α-hetero) is 1. The van der Waals surface area contributed by atoms with Crippen LogP contribution in [-0.4, -0.2) is 17.0 Å². The van der Waals surface area contributed by atoms with Gasteiger partial charge in [-0.2, -0.15) is 0 Å². The van der Waals surface area contributed by atoms with E-state index in [-0.39, 0.29) is 11.8 Å². The summed E-state index contributed by atoms with van der Waals surface area (Å²) < 4.78 is 0. The Hall–Kier alpha value is -2.59. The first-order valence-corrected chi connectivity index (χ1v) is 10.5. The van der Waals surface area contributed by atoms with Gasteiger partial charge in [-0.3, -0.25) is 9.78 Å². The summed E-state index contributed by atoms with van der Waals surface area (Å²) in [7, 11) is 0. The second kappa shape index (κ2) is 6.54. The normalized spacial score (nSPS) is 18.9. The van der Waals surface area contributed by atoms with Crippen molar-refractivity contribution in [3.8, 4) is 0 Å². The number of ketones is 1. The molecule has 5 rings (SSSR count). The van der Waals surface area contributed by atoms with E-state index in [1.54, 1.807) is 11.8 Å². The van der Waals surface area contributed by atoms with Crippen LogP contribution in [0.25, 0.3) is 16.5 Å². The largest absolute Gasteiger partial charge is 0.373 e. The van der Waals surface area contributed by atoms with Crippen LogP contribution in [0.3, 0.4) is 0 Å². The van der Waals surface area contributed by atoms with Crippen LogP contribution < -0.4 is 5.32 Å². The lowest BCUT2D eigenvalue weighted by Crippen LogP contribution is -2.27. The molecule has 1 aliphatic heterocycles. The standard InChI is InChI=1S/C23H20N2OS/c1-27-15-9-7-14(8-10-15)23-22-17(4-2-6-20(22)26)21-16-5-3-13-24-18(16)11-12-19(21)25-23/h3,5,7-13,23,25H,2,4,6H2,1H3/t23-/m1/s1. The maximum atomic E-state index is 13.0. The lowest BCUT2D eigenvalue weighted by atomic mass is 9.77. The fourth-order valence-electron chi connectivity index (χ4n) is 4.33. The molecule has 0 saturated heterocycles. The van der Waals surface area contributed by atoms with Gasteiger partial charge in [-0.1, -0.05) is 18.2 Å². The van der Waals surface area contributed by atoms with Gasteiger partial charge in [0.05, 0.1) is 11.6 Å². The predicted octanol–water partition coefficient (Wildman–Crippen LogP) is 5.63. The highest BCUT2D eigenvalue weighted by Gasteiger charge is 2.34. The number of carbonyl (C=O) groups is 1. The zero-order valence-electron chi connectivity index (χ0n) is 15.2. The summed E-state index contributed by atoms with van der Waals surface area (Å²) in [5.74, 6) is 0.272. The molecule has 4 heteroatoms. The fourth-order valence-corrected chi connectivity index (χ4v) is 4.74. The molecule has 0 spiro atoms. The van der Waals surface area contributed by atoms with E-state index in [4.69, 9.17) is 0 Å². The first kappa shape index (κ1) is 16.6. The van der Waals surface area contributed by atoms with Gasteiger partial charge in [-0.25, -0.2) is 0 Å². The Labute approximate surface area is 162 Å². The zero-order valence-corrected chi connectivity index (χ0v) is 16.0. The van der Waals surface area contributed by atoms with Gasteiger partial charge in [0.25, 0.3) is 0 Å². The molecule has 2 aromatic carbocycles. The summed E-state index contributed by atoms with van der Waals surface area (Å²) in [6.45, 7) is 0. The number of nitrogens with one attached hydrogen (secondary N) is 1. The van der Waals surface area contributed by atoms with Crippen LogP contribution in [0.4, 0.5) is 5.69 Å². The van der Waals surface area contributed by atoms with E-state index in [9.17, 15) is 4.79 Å². The minimum Gasteiger partial charge on any atom is -0.373 e. The Balaban J connectivity index is 1.73. The minimum absolute atomic E-state index is 0.0784. The fraction of sp³-hybridized carbons (Fsp3) is 0.217. The molecule has 1 aromatic heterocycles. The number of nitrogens with zero attached hydrogens (tertiary/aromatic N) is 1. The van der Waals surface area contributed by atoms with Crippen LogP contribution >= 0.6 is 11.8 Å². The highest BCUT2D eigenvalue weighted by atomic mass is 32.2. The van der Waals surface area contributed by atoms with Gasteiger partial charge < -0.3 is 5.32 Å². The van der Waals surface area contributed by atoms with E-state index in [0.29, 0.717) is 6.42 Å². The Bertz CT molecular complexity index is 1090. The topological polar surface area (TPSA) is 42.0 Å². The van der Waals surface area contributed by atoms with E-state index >= 15 is 0 Å². The van der Waals surface area contributed by atoms with Crippen molar-refractivity contribution in [1.29, 1.82) is 0 Å². The number of aromatic nitrogens is 1. The summed E-state index contributed by atoms with van der Waals surface area (Å²) in [6, 6.07) is 16.7. The Morgan fingerprint density at radius 1 is 1.07 bits per heavy atom. The zero-order chi connectivity index (χ0) is 18.4. The highest BCUT2D eigenvalue weighted by Crippen LogP contribution is 2.47. The molecule has 1 aliphatic carbocycles. The number of rotatable bonds is 2. The number of hydrogen-bond acceptors (Lipinski definition) is 4. The first-order valence-electron chi connectivity index (χ1n) is 9.31. The maximum Gasteiger partial charge on any atom is 0.161 e. The molecule has 0 radical (unpaired) electrons. The molecule has 3 nitrogen and oxygen atoms in total. The van der Waals surface area contributed by atoms with Gasteiger partial charge in [0.2, 0.25) is 0 Å². The minimum atomic E-state index is -0.0784. The molecule has 0 unspecified atom stereocenters. The van der Waals surface area contributed by atoms with E-state index in [1.165, 1.54) is 16.0 Å². The van der Waals surface area contributed by atoms with Gasteiger partial charge >= 0.3 is 0 Å². The van der Waals surface area contributed by atoms with Gasteiger partial charge in [0.1, 0.15) is 0 Å². The highest BCUT2D eigenvalue weighted by molar-refractivity contribution is 7.98. The lowest BCUT2D eigenvalue weighted by molar-refractivity contribution is -0.116. The second-order valence-electron chi connectivity index (χ2n) is 7.08. The Kier molecular flexibility index (Phi) is 4.01. The molecule has 134 valence electrons. The third-order valence-electron chi connectivity index (χ3n) is 5.58. The summed E-state index contributed by atoms with van der Waals surface area (Å²) in [4.78, 5) is 18.7. The van der Waals surface area contributed by atoms with Crippen LogP contribution in [-0.2, 0) is 4.79 Å². The van der Waals surface area contributed by atoms with Gasteiger partial charge in [0, 0.05) is 39.7 Å². The molecule has 3 aromatic rings. The molecule has 1 N–H and O–H groups in total. The van der Waals surface area contributed by atoms with Crippen molar-refractivity contribution < 1.29 is 4.79 Å². The molecular formula is C23H20N2OS. The summed E-state index contributed by atoms with van der Waals surface area (Å²) >= 11 is 1.73. The van der Waals surface area contributed by atoms with E-state index in [2.05, 4.69) is 59.0 Å². The van der Waals surface area contributed by atoms with Crippen molar-refractivity contribution in [2.75, 3.05) is 11.6 Å². The Morgan fingerprint density at radius 2 is 1.93 bits per heavy atom.